The van der Waals surface area contributed by atoms with Gasteiger partial charge in [-0.1, -0.05) is 271 Å². The third-order valence-corrected chi connectivity index (χ3v) is 20.7. The van der Waals surface area contributed by atoms with E-state index in [0.717, 1.165) is 54.8 Å². The lowest BCUT2D eigenvalue weighted by Gasteiger charge is -2.27. The van der Waals surface area contributed by atoms with E-state index in [0.29, 0.717) is 78.4 Å². The Kier molecular flexibility index (Phi) is 155. The van der Waals surface area contributed by atoms with Gasteiger partial charge in [-0.3, -0.25) is 0 Å². The molecule has 0 aliphatic carbocycles. The first-order valence-corrected chi connectivity index (χ1v) is 50.1. The molecule has 1 aromatic carbocycles. The molecule has 6 N–H and O–H groups in total. The number of hydrogen-bond acceptors (Lipinski definition) is 14. The standard InChI is InChI=1S/C10H14.C9H21N.3C8H19N.4C7H17N.2C6H15N.3C5H13N.C4H11N.2C2H6/c1-3-9(2)10-7-5-4-6-8-10;1-6-9(4)7-10(5)8(2)3;1-6-8(4)9(5)7(2)3;1-5-8(4)6-9-7(2)3;1-5-6-9(4)7-8(2)3;1-6(2)8(5)7(3)4;1-5-7(2)6-8(3)4;2*1-5-7(4)8-6(2)3;1-5-6(2)7(3)4;1-4-6(2)5-7-3;1-5(2)6(3)4;1-4-5-6(2)3;1-4-5(2)6-3;1-4(2)5-3;2*1-2/h4-9H,3H2,1-2H3;8-9H,6-7H2,1-5H3;7-8H,6H2,1-5H3;7-9H,5-6H2,1-4H3;8H,5-7H2,1-4H3;6-7H,1-5H3;7H,5-6H2,1-4H3;2*6-8H,5H2,1-4H3;6H,5H2,1-4H3;6-7H,4-5H2,1-3H3;5H,1-4H3;4-5H2,1-3H3;5-6H,4H2,1-3H3;4-5H,1-3H3;2*1-2H3. The summed E-state index contributed by atoms with van der Waals surface area (Å²) in [5.74, 6) is 4.87. The number of nitrogens with one attached hydrogen (secondary N) is 6. The Morgan fingerprint density at radius 3 is 0.792 bits per heavy atom. The van der Waals surface area contributed by atoms with Crippen molar-refractivity contribution in [2.45, 2.75) is 486 Å². The Labute approximate surface area is 769 Å². The highest BCUT2D eigenvalue weighted by atomic mass is 15.2. The first-order chi connectivity index (χ1) is 55.4. The van der Waals surface area contributed by atoms with Gasteiger partial charge in [0.15, 0.2) is 0 Å². The SMILES string of the molecule is CC.CC.CC(C)N(C)C.CC(C)N(C)C(C)C.CCC(C)CN(C)C.CCC(C)CN(C)C(C)C.CCC(C)CNC.CCC(C)CNC(C)C.CCC(C)N(C)C.CCC(C)N(C)C(C)C.CCC(C)NC.CCC(C)NC(C)C.CCC(C)NC(C)C.CCC(C)c1ccccc1.CCCN(C)C.CCCN(C)CC(C)C.CNC(C)C. The first kappa shape index (κ1) is 156. The summed E-state index contributed by atoms with van der Waals surface area (Å²) in [6.07, 6.45) is 15.0. The normalized spacial score (nSPS) is 13.1. The molecular weight excluding hydrogens is 1470 g/mol. The fourth-order valence-electron chi connectivity index (χ4n) is 8.56. The molecule has 14 nitrogen and oxygen atoms in total. The molecule has 0 saturated carbocycles. The summed E-state index contributed by atoms with van der Waals surface area (Å²) in [5, 5.41) is 19.4. The van der Waals surface area contributed by atoms with Gasteiger partial charge >= 0.3 is 0 Å². The van der Waals surface area contributed by atoms with Gasteiger partial charge in [-0.2, -0.15) is 0 Å². The van der Waals surface area contributed by atoms with Crippen LogP contribution in [0.25, 0.3) is 0 Å². The summed E-state index contributed by atoms with van der Waals surface area (Å²) in [6.45, 7) is 109. The zero-order chi connectivity index (χ0) is 99.0. The van der Waals surface area contributed by atoms with Crippen LogP contribution in [0.4, 0.5) is 0 Å². The van der Waals surface area contributed by atoms with Crippen molar-refractivity contribution in [3.05, 3.63) is 35.9 Å². The smallest absolute Gasteiger partial charge is 0.00639 e. The Bertz CT molecular complexity index is 1740. The second-order valence-electron chi connectivity index (χ2n) is 37.6. The number of hydrogen-bond donors (Lipinski definition) is 6. The highest BCUT2D eigenvalue weighted by Gasteiger charge is 2.10. The molecule has 1 aromatic rings. The van der Waals surface area contributed by atoms with Crippen molar-refractivity contribution in [1.82, 2.24) is 71.1 Å². The van der Waals surface area contributed by atoms with Gasteiger partial charge in [0.05, 0.1) is 0 Å². The zero-order valence-corrected chi connectivity index (χ0v) is 95.9. The monoisotopic (exact) mass is 1720 g/mol. The lowest BCUT2D eigenvalue weighted by Crippen LogP contribution is -2.34. The van der Waals surface area contributed by atoms with Crippen molar-refractivity contribution < 1.29 is 0 Å². The minimum absolute atomic E-state index is 0.630. The van der Waals surface area contributed by atoms with Crippen LogP contribution in [0.2, 0.25) is 0 Å². The summed E-state index contributed by atoms with van der Waals surface area (Å²) < 4.78 is 0. The van der Waals surface area contributed by atoms with Crippen LogP contribution < -0.4 is 31.9 Å². The Morgan fingerprint density at radius 1 is 0.300 bits per heavy atom. The minimum Gasteiger partial charge on any atom is -0.319 e. The van der Waals surface area contributed by atoms with Crippen molar-refractivity contribution >= 4 is 0 Å². The van der Waals surface area contributed by atoms with Crippen LogP contribution in [0.5, 0.6) is 0 Å². The van der Waals surface area contributed by atoms with E-state index in [-0.39, 0.29) is 0 Å². The molecule has 10 atom stereocenters. The maximum absolute atomic E-state index is 3.40. The molecule has 0 radical (unpaired) electrons. The van der Waals surface area contributed by atoms with Crippen molar-refractivity contribution in [2.75, 3.05) is 152 Å². The highest BCUT2D eigenvalue weighted by molar-refractivity contribution is 5.18. The van der Waals surface area contributed by atoms with Crippen molar-refractivity contribution in [3.63, 3.8) is 0 Å². The van der Waals surface area contributed by atoms with Gasteiger partial charge in [0.1, 0.15) is 0 Å². The summed E-state index contributed by atoms with van der Waals surface area (Å²) in [6, 6.07) is 20.1. The molecule has 1 rings (SSSR count). The molecule has 0 fully saturated rings. The van der Waals surface area contributed by atoms with Crippen molar-refractivity contribution in [1.29, 1.82) is 0 Å². The molecule has 10 unspecified atom stereocenters. The fraction of sp³-hybridized carbons (Fsp3) is 0.943. The molecule has 0 heterocycles. The second-order valence-corrected chi connectivity index (χ2v) is 37.6. The van der Waals surface area contributed by atoms with E-state index in [2.05, 4.69) is 477 Å². The molecule has 746 valence electrons. The average Bonchev–Trinajstić information content (AvgIpc) is 0.924. The molecule has 0 aliphatic heterocycles. The molecule has 120 heavy (non-hydrogen) atoms. The van der Waals surface area contributed by atoms with Crippen LogP contribution in [-0.4, -0.2) is 275 Å². The van der Waals surface area contributed by atoms with Gasteiger partial charge < -0.3 is 71.1 Å². The third-order valence-electron chi connectivity index (χ3n) is 20.7. The van der Waals surface area contributed by atoms with Gasteiger partial charge in [-0.25, -0.2) is 0 Å². The van der Waals surface area contributed by atoms with E-state index in [1.165, 1.54) is 115 Å². The molecule has 0 aliphatic rings. The summed E-state index contributed by atoms with van der Waals surface area (Å²) in [5.41, 5.74) is 1.45. The van der Waals surface area contributed by atoms with E-state index in [4.69, 9.17) is 0 Å². The fourth-order valence-corrected chi connectivity index (χ4v) is 8.56. The topological polar surface area (TPSA) is 98.1 Å². The van der Waals surface area contributed by atoms with Gasteiger partial charge in [-0.05, 0) is 328 Å². The third kappa shape index (κ3) is 167. The number of benzene rings is 1. The van der Waals surface area contributed by atoms with Crippen LogP contribution in [-0.2, 0) is 0 Å². The molecule has 0 saturated heterocycles. The van der Waals surface area contributed by atoms with E-state index in [1.54, 1.807) is 0 Å². The largest absolute Gasteiger partial charge is 0.319 e. The first-order valence-electron chi connectivity index (χ1n) is 50.1. The van der Waals surface area contributed by atoms with E-state index in [9.17, 15) is 0 Å². The molecule has 0 aromatic heterocycles. The number of nitrogens with zero attached hydrogens (tertiary/aromatic N) is 8. The summed E-state index contributed by atoms with van der Waals surface area (Å²) >= 11 is 0. The van der Waals surface area contributed by atoms with Crippen LogP contribution in [0.1, 0.15) is 407 Å². The van der Waals surface area contributed by atoms with Gasteiger partial charge in [-0.15, -0.1) is 0 Å². The second kappa shape index (κ2) is 120. The van der Waals surface area contributed by atoms with E-state index < -0.39 is 0 Å². The number of rotatable bonds is 39. The maximum Gasteiger partial charge on any atom is 0.00639 e. The van der Waals surface area contributed by atoms with Crippen molar-refractivity contribution in [3.8, 4) is 0 Å². The maximum atomic E-state index is 3.40. The Hall–Kier alpha value is -1.34. The molecule has 0 amide bonds. The summed E-state index contributed by atoms with van der Waals surface area (Å²) in [4.78, 5) is 18.3. The Balaban J connectivity index is -0.0000000690. The minimum atomic E-state index is 0.630. The van der Waals surface area contributed by atoms with E-state index in [1.807, 2.05) is 48.8 Å². The average molecular weight is 1720 g/mol. The van der Waals surface area contributed by atoms with Gasteiger partial charge in [0.2, 0.25) is 0 Å². The van der Waals surface area contributed by atoms with Crippen LogP contribution in [0.15, 0.2) is 30.3 Å². The highest BCUT2D eigenvalue weighted by Crippen LogP contribution is 2.17. The van der Waals surface area contributed by atoms with Crippen LogP contribution in [0.3, 0.4) is 0 Å². The van der Waals surface area contributed by atoms with Crippen molar-refractivity contribution in [2.24, 2.45) is 29.6 Å². The summed E-state index contributed by atoms with van der Waals surface area (Å²) in [7, 11) is 31.4. The Morgan fingerprint density at radius 2 is 0.642 bits per heavy atom. The van der Waals surface area contributed by atoms with Gasteiger partial charge in [0, 0.05) is 104 Å². The van der Waals surface area contributed by atoms with Gasteiger partial charge in [0.25, 0.3) is 0 Å². The van der Waals surface area contributed by atoms with Crippen LogP contribution >= 0.6 is 0 Å². The lowest BCUT2D eigenvalue weighted by molar-refractivity contribution is 0.204. The van der Waals surface area contributed by atoms with Crippen LogP contribution in [0, 0.1) is 29.6 Å². The lowest BCUT2D eigenvalue weighted by atomic mass is 9.99. The quantitative estimate of drug-likeness (QED) is 0.0377. The molecule has 0 bridgehead atoms. The van der Waals surface area contributed by atoms with E-state index >= 15 is 0 Å². The zero-order valence-electron chi connectivity index (χ0n) is 95.9. The predicted octanol–water partition coefficient (Wildman–Crippen LogP) is 26.8. The predicted molar refractivity (Wildman–Crippen MR) is 573 cm³/mol. The molecular formula is C106H252N14. The molecule has 14 heteroatoms. The molecule has 0 spiro atoms.